The lowest BCUT2D eigenvalue weighted by molar-refractivity contribution is -0.0990. The highest BCUT2D eigenvalue weighted by atomic mass is 16.5. The third kappa shape index (κ3) is 3.88. The van der Waals surface area contributed by atoms with Gasteiger partial charge in [0.05, 0.1) is 24.4 Å². The molecule has 0 unspecified atom stereocenters. The van der Waals surface area contributed by atoms with E-state index in [9.17, 15) is 9.59 Å². The molecule has 1 saturated carbocycles. The SMILES string of the molecule is CCOc1ccccc1C(=O)N1CCC2(CC1)Cc1c(c(C(=O)NC3CC3)nn1C)CO2. The zero-order valence-corrected chi connectivity index (χ0v) is 18.7. The molecular formula is C24H30N4O4. The topological polar surface area (TPSA) is 85.7 Å². The quantitative estimate of drug-likeness (QED) is 0.775. The molecule has 1 aromatic heterocycles. The molecule has 2 fully saturated rings. The van der Waals surface area contributed by atoms with Gasteiger partial charge in [0, 0.05) is 43.9 Å². The third-order valence-electron chi connectivity index (χ3n) is 6.79. The van der Waals surface area contributed by atoms with E-state index in [0.717, 1.165) is 36.9 Å². The number of nitrogens with zero attached hydrogens (tertiary/aromatic N) is 3. The van der Waals surface area contributed by atoms with Gasteiger partial charge in [0.15, 0.2) is 5.69 Å². The first kappa shape index (κ1) is 21.0. The summed E-state index contributed by atoms with van der Waals surface area (Å²) in [4.78, 5) is 27.6. The molecule has 170 valence electrons. The summed E-state index contributed by atoms with van der Waals surface area (Å²) in [5.41, 5.74) is 2.75. The number of amides is 2. The summed E-state index contributed by atoms with van der Waals surface area (Å²) in [7, 11) is 1.90. The molecule has 1 N–H and O–H groups in total. The Morgan fingerprint density at radius 1 is 1.25 bits per heavy atom. The fourth-order valence-electron chi connectivity index (χ4n) is 4.75. The number of aromatic nitrogens is 2. The largest absolute Gasteiger partial charge is 0.493 e. The van der Waals surface area contributed by atoms with Crippen LogP contribution in [-0.2, 0) is 24.8 Å². The van der Waals surface area contributed by atoms with Crippen LogP contribution in [0.3, 0.4) is 0 Å². The Labute approximate surface area is 187 Å². The summed E-state index contributed by atoms with van der Waals surface area (Å²) in [6.45, 7) is 4.08. The van der Waals surface area contributed by atoms with Crippen LogP contribution in [0.5, 0.6) is 5.75 Å². The van der Waals surface area contributed by atoms with Crippen LogP contribution < -0.4 is 10.1 Å². The number of benzene rings is 1. The first-order chi connectivity index (χ1) is 15.5. The molecule has 3 heterocycles. The Balaban J connectivity index is 1.27. The van der Waals surface area contributed by atoms with Crippen LogP contribution in [0.4, 0.5) is 0 Å². The van der Waals surface area contributed by atoms with Crippen molar-refractivity contribution in [1.82, 2.24) is 20.0 Å². The first-order valence-electron chi connectivity index (χ1n) is 11.5. The number of fused-ring (bicyclic) bond motifs is 1. The molecule has 0 bridgehead atoms. The molecule has 2 aliphatic heterocycles. The summed E-state index contributed by atoms with van der Waals surface area (Å²) in [6, 6.07) is 7.71. The van der Waals surface area contributed by atoms with Crippen LogP contribution in [0.15, 0.2) is 24.3 Å². The van der Waals surface area contributed by atoms with Crippen LogP contribution >= 0.6 is 0 Å². The first-order valence-corrected chi connectivity index (χ1v) is 11.5. The second-order valence-corrected chi connectivity index (χ2v) is 9.02. The average Bonchev–Trinajstić information content (AvgIpc) is 3.56. The molecule has 3 aliphatic rings. The Bertz CT molecular complexity index is 1030. The molecular weight excluding hydrogens is 408 g/mol. The van der Waals surface area contributed by atoms with E-state index < -0.39 is 0 Å². The van der Waals surface area contributed by atoms with Gasteiger partial charge in [-0.3, -0.25) is 14.3 Å². The highest BCUT2D eigenvalue weighted by Gasteiger charge is 2.43. The van der Waals surface area contributed by atoms with Crippen LogP contribution in [0.2, 0.25) is 0 Å². The second-order valence-electron chi connectivity index (χ2n) is 9.02. The zero-order chi connectivity index (χ0) is 22.3. The number of para-hydroxylation sites is 1. The predicted octanol–water partition coefficient (Wildman–Crippen LogP) is 2.46. The monoisotopic (exact) mass is 438 g/mol. The smallest absolute Gasteiger partial charge is 0.272 e. The second kappa shape index (κ2) is 8.24. The van der Waals surface area contributed by atoms with Gasteiger partial charge in [0.25, 0.3) is 11.8 Å². The number of carbonyl (C=O) groups excluding carboxylic acids is 2. The summed E-state index contributed by atoms with van der Waals surface area (Å²) >= 11 is 0. The summed E-state index contributed by atoms with van der Waals surface area (Å²) < 4.78 is 13.8. The lowest BCUT2D eigenvalue weighted by atomic mass is 9.83. The fourth-order valence-corrected chi connectivity index (χ4v) is 4.75. The molecule has 5 rings (SSSR count). The predicted molar refractivity (Wildman–Crippen MR) is 118 cm³/mol. The Morgan fingerprint density at radius 2 is 2.00 bits per heavy atom. The fraction of sp³-hybridized carbons (Fsp3) is 0.542. The van der Waals surface area contributed by atoms with Gasteiger partial charge < -0.3 is 19.7 Å². The van der Waals surface area contributed by atoms with E-state index in [0.29, 0.717) is 55.8 Å². The van der Waals surface area contributed by atoms with Crippen LogP contribution in [-0.4, -0.2) is 57.8 Å². The molecule has 0 atom stereocenters. The van der Waals surface area contributed by atoms with Crippen molar-refractivity contribution in [3.05, 3.63) is 46.8 Å². The maximum atomic E-state index is 13.1. The van der Waals surface area contributed by atoms with Crippen molar-refractivity contribution in [2.45, 2.75) is 57.3 Å². The zero-order valence-electron chi connectivity index (χ0n) is 18.7. The molecule has 8 heteroatoms. The summed E-state index contributed by atoms with van der Waals surface area (Å²) in [6.07, 6.45) is 4.31. The van der Waals surface area contributed by atoms with Gasteiger partial charge >= 0.3 is 0 Å². The Morgan fingerprint density at radius 3 is 2.72 bits per heavy atom. The van der Waals surface area contributed by atoms with Crippen molar-refractivity contribution in [2.24, 2.45) is 7.05 Å². The van der Waals surface area contributed by atoms with Crippen molar-refractivity contribution in [3.63, 3.8) is 0 Å². The number of likely N-dealkylation sites (tertiary alicyclic amines) is 1. The van der Waals surface area contributed by atoms with E-state index >= 15 is 0 Å². The van der Waals surface area contributed by atoms with E-state index in [4.69, 9.17) is 9.47 Å². The molecule has 1 saturated heterocycles. The summed E-state index contributed by atoms with van der Waals surface area (Å²) in [5, 5.41) is 7.53. The van der Waals surface area contributed by atoms with Crippen LogP contribution in [0, 0.1) is 0 Å². The number of carbonyl (C=O) groups is 2. The minimum Gasteiger partial charge on any atom is -0.493 e. The maximum Gasteiger partial charge on any atom is 0.272 e. The van der Waals surface area contributed by atoms with E-state index in [1.54, 1.807) is 0 Å². The molecule has 1 aromatic carbocycles. The van der Waals surface area contributed by atoms with E-state index in [1.807, 2.05) is 47.8 Å². The van der Waals surface area contributed by atoms with Gasteiger partial charge in [-0.2, -0.15) is 5.10 Å². The number of nitrogens with one attached hydrogen (secondary N) is 1. The minimum atomic E-state index is -0.318. The highest BCUT2D eigenvalue weighted by Crippen LogP contribution is 2.38. The number of aryl methyl sites for hydroxylation is 1. The molecule has 1 spiro atoms. The van der Waals surface area contributed by atoms with E-state index in [2.05, 4.69) is 10.4 Å². The van der Waals surface area contributed by atoms with Gasteiger partial charge in [0.2, 0.25) is 0 Å². The number of ether oxygens (including phenoxy) is 2. The third-order valence-corrected chi connectivity index (χ3v) is 6.79. The normalized spacial score (nSPS) is 19.5. The number of hydrogen-bond acceptors (Lipinski definition) is 5. The van der Waals surface area contributed by atoms with Crippen molar-refractivity contribution in [1.29, 1.82) is 0 Å². The van der Waals surface area contributed by atoms with Gasteiger partial charge in [-0.05, 0) is 44.7 Å². The van der Waals surface area contributed by atoms with Crippen LogP contribution in [0.25, 0.3) is 0 Å². The number of rotatable bonds is 5. The lowest BCUT2D eigenvalue weighted by Crippen LogP contribution is -2.50. The lowest BCUT2D eigenvalue weighted by Gasteiger charge is -2.44. The van der Waals surface area contributed by atoms with Crippen molar-refractivity contribution in [3.8, 4) is 5.75 Å². The average molecular weight is 439 g/mol. The number of piperidine rings is 1. The molecule has 1 aliphatic carbocycles. The molecule has 32 heavy (non-hydrogen) atoms. The van der Waals surface area contributed by atoms with Gasteiger partial charge in [0.1, 0.15) is 5.75 Å². The molecule has 2 aromatic rings. The van der Waals surface area contributed by atoms with Crippen LogP contribution in [0.1, 0.15) is 64.7 Å². The van der Waals surface area contributed by atoms with Crippen molar-refractivity contribution >= 4 is 11.8 Å². The standard InChI is InChI=1S/C24H30N4O4/c1-3-31-20-7-5-4-6-17(20)23(30)28-12-10-24(11-13-28)14-19-18(15-32-24)21(26-27(19)2)22(29)25-16-8-9-16/h4-7,16H,3,8-15H2,1-2H3,(H,25,29). The van der Waals surface area contributed by atoms with Gasteiger partial charge in [-0.25, -0.2) is 0 Å². The minimum absolute atomic E-state index is 0.0000323. The summed E-state index contributed by atoms with van der Waals surface area (Å²) in [5.74, 6) is 0.531. The Kier molecular flexibility index (Phi) is 5.41. The van der Waals surface area contributed by atoms with E-state index in [1.165, 1.54) is 0 Å². The molecule has 8 nitrogen and oxygen atoms in total. The highest BCUT2D eigenvalue weighted by molar-refractivity contribution is 5.97. The van der Waals surface area contributed by atoms with Gasteiger partial charge in [-0.1, -0.05) is 12.1 Å². The van der Waals surface area contributed by atoms with E-state index in [-0.39, 0.29) is 17.4 Å². The molecule has 0 radical (unpaired) electrons. The van der Waals surface area contributed by atoms with Crippen molar-refractivity contribution in [2.75, 3.05) is 19.7 Å². The number of hydrogen-bond donors (Lipinski definition) is 1. The Hall–Kier alpha value is -2.87. The van der Waals surface area contributed by atoms with Crippen molar-refractivity contribution < 1.29 is 19.1 Å². The molecule has 2 amide bonds. The van der Waals surface area contributed by atoms with Gasteiger partial charge in [-0.15, -0.1) is 0 Å². The maximum absolute atomic E-state index is 13.1.